The Bertz CT molecular complexity index is 806. The average molecular weight is 379 g/mol. The van der Waals surface area contributed by atoms with Crippen molar-refractivity contribution < 1.29 is 13.2 Å². The second-order valence-electron chi connectivity index (χ2n) is 5.30. The number of hydrogen-bond donors (Lipinski definition) is 2. The van der Waals surface area contributed by atoms with Crippen LogP contribution in [0.15, 0.2) is 41.8 Å². The lowest BCUT2D eigenvalue weighted by atomic mass is 10.2. The molecule has 0 saturated carbocycles. The van der Waals surface area contributed by atoms with E-state index in [1.165, 1.54) is 11.3 Å². The van der Waals surface area contributed by atoms with Crippen molar-refractivity contribution in [1.29, 1.82) is 0 Å². The molecule has 1 aromatic heterocycles. The highest BCUT2D eigenvalue weighted by molar-refractivity contribution is 7.89. The minimum absolute atomic E-state index is 0.0387. The van der Waals surface area contributed by atoms with Crippen LogP contribution in [0.3, 0.4) is 0 Å². The van der Waals surface area contributed by atoms with Gasteiger partial charge in [-0.3, -0.25) is 0 Å². The molecule has 0 aliphatic heterocycles. The molecule has 25 heavy (non-hydrogen) atoms. The van der Waals surface area contributed by atoms with Crippen molar-refractivity contribution in [3.8, 4) is 11.8 Å². The molecule has 0 fully saturated rings. The Kier molecular flexibility index (Phi) is 8.12. The van der Waals surface area contributed by atoms with Crippen LogP contribution in [0, 0.1) is 11.8 Å². The van der Waals surface area contributed by atoms with Gasteiger partial charge < -0.3 is 10.5 Å². The molecule has 0 bridgehead atoms. The zero-order valence-electron chi connectivity index (χ0n) is 13.9. The molecular weight excluding hydrogens is 356 g/mol. The van der Waals surface area contributed by atoms with E-state index in [0.29, 0.717) is 19.6 Å². The summed E-state index contributed by atoms with van der Waals surface area (Å²) in [6.07, 6.45) is 0.451. The van der Waals surface area contributed by atoms with Gasteiger partial charge >= 0.3 is 0 Å². The molecule has 0 amide bonds. The van der Waals surface area contributed by atoms with E-state index in [4.69, 9.17) is 10.5 Å². The molecule has 2 rings (SSSR count). The molecule has 0 atom stereocenters. The Labute approximate surface area is 153 Å². The van der Waals surface area contributed by atoms with Gasteiger partial charge in [-0.05, 0) is 23.4 Å². The van der Waals surface area contributed by atoms with Gasteiger partial charge in [0, 0.05) is 23.6 Å². The van der Waals surface area contributed by atoms with Crippen molar-refractivity contribution in [1.82, 2.24) is 4.72 Å². The van der Waals surface area contributed by atoms with Gasteiger partial charge in [-0.15, -0.1) is 11.3 Å². The first-order valence-corrected chi connectivity index (χ1v) is 10.5. The van der Waals surface area contributed by atoms with Crippen LogP contribution in [0.5, 0.6) is 0 Å². The Morgan fingerprint density at radius 1 is 1.20 bits per heavy atom. The van der Waals surface area contributed by atoms with Crippen molar-refractivity contribution in [2.45, 2.75) is 19.6 Å². The molecule has 5 nitrogen and oxygen atoms in total. The number of rotatable bonds is 9. The summed E-state index contributed by atoms with van der Waals surface area (Å²) < 4.78 is 32.3. The van der Waals surface area contributed by atoms with Gasteiger partial charge in [0.1, 0.15) is 0 Å². The van der Waals surface area contributed by atoms with Gasteiger partial charge in [0.15, 0.2) is 0 Å². The number of sulfonamides is 1. The zero-order valence-corrected chi connectivity index (χ0v) is 15.5. The lowest BCUT2D eigenvalue weighted by molar-refractivity contribution is 0.122. The van der Waals surface area contributed by atoms with E-state index in [-0.39, 0.29) is 18.8 Å². The normalized spacial score (nSPS) is 11.1. The fourth-order valence-corrected chi connectivity index (χ4v) is 3.97. The van der Waals surface area contributed by atoms with E-state index >= 15 is 0 Å². The Morgan fingerprint density at radius 3 is 2.76 bits per heavy atom. The van der Waals surface area contributed by atoms with Crippen molar-refractivity contribution in [3.05, 3.63) is 57.8 Å². The Hall–Kier alpha value is -1.69. The van der Waals surface area contributed by atoms with Crippen molar-refractivity contribution in [2.24, 2.45) is 5.73 Å². The summed E-state index contributed by atoms with van der Waals surface area (Å²) in [4.78, 5) is 0.893. The lowest BCUT2D eigenvalue weighted by Crippen LogP contribution is -2.26. The van der Waals surface area contributed by atoms with Crippen LogP contribution in [0.1, 0.15) is 22.4 Å². The standard InChI is InChI=1S/C18H22N2O3S2/c19-10-4-8-17-9-12-24-18(17)14-20-25(21,22)13-5-11-23-15-16-6-2-1-3-7-16/h1-3,6-7,9,12,20H,5,10-11,13-15,19H2. The van der Waals surface area contributed by atoms with Crippen LogP contribution >= 0.6 is 11.3 Å². The monoisotopic (exact) mass is 378 g/mol. The molecule has 0 spiro atoms. The first-order valence-electron chi connectivity index (χ1n) is 7.95. The number of benzene rings is 1. The largest absolute Gasteiger partial charge is 0.377 e. The summed E-state index contributed by atoms with van der Waals surface area (Å²) >= 11 is 1.48. The lowest BCUT2D eigenvalue weighted by Gasteiger charge is -2.07. The van der Waals surface area contributed by atoms with Gasteiger partial charge in [0.05, 0.1) is 18.9 Å². The van der Waals surface area contributed by atoms with E-state index in [2.05, 4.69) is 16.6 Å². The zero-order chi connectivity index (χ0) is 18.0. The molecule has 7 heteroatoms. The van der Waals surface area contributed by atoms with Gasteiger partial charge in [0.2, 0.25) is 10.0 Å². The third-order valence-corrected chi connectivity index (χ3v) is 5.67. The van der Waals surface area contributed by atoms with E-state index in [9.17, 15) is 8.42 Å². The van der Waals surface area contributed by atoms with E-state index in [1.54, 1.807) is 0 Å². The molecule has 1 aromatic carbocycles. The van der Waals surface area contributed by atoms with Crippen LogP contribution < -0.4 is 10.5 Å². The molecule has 0 aliphatic rings. The minimum Gasteiger partial charge on any atom is -0.377 e. The average Bonchev–Trinajstić information content (AvgIpc) is 3.06. The van der Waals surface area contributed by atoms with E-state index in [1.807, 2.05) is 41.8 Å². The smallest absolute Gasteiger partial charge is 0.212 e. The van der Waals surface area contributed by atoms with E-state index in [0.717, 1.165) is 16.0 Å². The topological polar surface area (TPSA) is 81.4 Å². The van der Waals surface area contributed by atoms with Crippen molar-refractivity contribution in [3.63, 3.8) is 0 Å². The predicted molar refractivity (Wildman–Crippen MR) is 102 cm³/mol. The van der Waals surface area contributed by atoms with Crippen LogP contribution in [-0.2, 0) is 27.9 Å². The molecule has 134 valence electrons. The van der Waals surface area contributed by atoms with Crippen LogP contribution in [0.4, 0.5) is 0 Å². The van der Waals surface area contributed by atoms with Crippen LogP contribution in [0.2, 0.25) is 0 Å². The van der Waals surface area contributed by atoms with Gasteiger partial charge in [-0.25, -0.2) is 13.1 Å². The number of hydrogen-bond acceptors (Lipinski definition) is 5. The number of thiophene rings is 1. The molecular formula is C18H22N2O3S2. The van der Waals surface area contributed by atoms with Gasteiger partial charge in [-0.2, -0.15) is 0 Å². The summed E-state index contributed by atoms with van der Waals surface area (Å²) in [5, 5.41) is 1.89. The highest BCUT2D eigenvalue weighted by Gasteiger charge is 2.11. The second-order valence-corrected chi connectivity index (χ2v) is 8.22. The van der Waals surface area contributed by atoms with Crippen LogP contribution in [-0.4, -0.2) is 27.3 Å². The number of nitrogens with two attached hydrogens (primary N) is 1. The summed E-state index contributed by atoms with van der Waals surface area (Å²) in [6, 6.07) is 11.7. The molecule has 3 N–H and O–H groups in total. The third-order valence-electron chi connectivity index (χ3n) is 3.34. The predicted octanol–water partition coefficient (Wildman–Crippen LogP) is 2.08. The summed E-state index contributed by atoms with van der Waals surface area (Å²) in [6.45, 7) is 1.43. The van der Waals surface area contributed by atoms with Gasteiger partial charge in [0.25, 0.3) is 0 Å². The fraction of sp³-hybridized carbons (Fsp3) is 0.333. The second kappa shape index (κ2) is 10.3. The minimum atomic E-state index is -3.34. The van der Waals surface area contributed by atoms with Crippen molar-refractivity contribution >= 4 is 21.4 Å². The maximum absolute atomic E-state index is 12.1. The first-order chi connectivity index (χ1) is 12.1. The summed E-state index contributed by atoms with van der Waals surface area (Å²) in [5.74, 6) is 5.76. The summed E-state index contributed by atoms with van der Waals surface area (Å²) in [5.41, 5.74) is 7.26. The molecule has 2 aromatic rings. The maximum atomic E-state index is 12.1. The Balaban J connectivity index is 1.70. The van der Waals surface area contributed by atoms with Crippen LogP contribution in [0.25, 0.3) is 0 Å². The third kappa shape index (κ3) is 7.38. The number of nitrogens with one attached hydrogen (secondary N) is 1. The highest BCUT2D eigenvalue weighted by atomic mass is 32.2. The molecule has 0 unspecified atom stereocenters. The first kappa shape index (κ1) is 19.6. The molecule has 1 heterocycles. The van der Waals surface area contributed by atoms with Crippen molar-refractivity contribution in [2.75, 3.05) is 18.9 Å². The van der Waals surface area contributed by atoms with Gasteiger partial charge in [-0.1, -0.05) is 42.2 Å². The Morgan fingerprint density at radius 2 is 2.00 bits per heavy atom. The quantitative estimate of drug-likeness (QED) is 0.517. The summed E-state index contributed by atoms with van der Waals surface area (Å²) in [7, 11) is -3.34. The maximum Gasteiger partial charge on any atom is 0.212 e. The molecule has 0 radical (unpaired) electrons. The highest BCUT2D eigenvalue weighted by Crippen LogP contribution is 2.15. The SMILES string of the molecule is NCC#Cc1ccsc1CNS(=O)(=O)CCCOCc1ccccc1. The molecule has 0 saturated heterocycles. The molecule has 0 aliphatic carbocycles. The number of ether oxygens (including phenoxy) is 1. The van der Waals surface area contributed by atoms with E-state index < -0.39 is 10.0 Å². The fourth-order valence-electron chi connectivity index (χ4n) is 2.10.